The van der Waals surface area contributed by atoms with Crippen LogP contribution in [-0.4, -0.2) is 15.8 Å². The summed E-state index contributed by atoms with van der Waals surface area (Å²) in [6.07, 6.45) is 3.71. The fraction of sp³-hybridized carbons (Fsp3) is 0.533. The summed E-state index contributed by atoms with van der Waals surface area (Å²) in [4.78, 5) is 17.9. The van der Waals surface area contributed by atoms with E-state index in [9.17, 15) is 4.79 Å². The van der Waals surface area contributed by atoms with E-state index in [1.54, 1.807) is 23.1 Å². The van der Waals surface area contributed by atoms with Crippen molar-refractivity contribution in [2.75, 3.05) is 0 Å². The third-order valence-electron chi connectivity index (χ3n) is 2.31. The molecule has 0 radical (unpaired) electrons. The van der Waals surface area contributed by atoms with Crippen LogP contribution in [0.4, 0.5) is 0 Å². The molecule has 2 rings (SSSR count). The fourth-order valence-electron chi connectivity index (χ4n) is 1.31. The van der Waals surface area contributed by atoms with Crippen LogP contribution in [0.1, 0.15) is 58.4 Å². The smallest absolute Gasteiger partial charge is 0.207 e. The van der Waals surface area contributed by atoms with Gasteiger partial charge in [0.25, 0.3) is 0 Å². The lowest BCUT2D eigenvalue weighted by atomic mass is 9.94. The Kier molecular flexibility index (Phi) is 6.61. The summed E-state index contributed by atoms with van der Waals surface area (Å²) in [6.45, 7) is 11.5. The molecular formula is C15H22N2O2S2. The molecule has 2 aromatic rings. The van der Waals surface area contributed by atoms with Crippen LogP contribution in [-0.2, 0) is 10.2 Å². The van der Waals surface area contributed by atoms with Crippen molar-refractivity contribution in [2.45, 2.75) is 56.4 Å². The molecular weight excluding hydrogens is 304 g/mol. The molecule has 0 aliphatic heterocycles. The highest BCUT2D eigenvalue weighted by Crippen LogP contribution is 2.37. The molecule has 2 heterocycles. The molecule has 0 aliphatic carbocycles. The maximum atomic E-state index is 9.44. The van der Waals surface area contributed by atoms with Gasteiger partial charge in [-0.3, -0.25) is 4.98 Å². The molecule has 0 aliphatic rings. The first-order valence-electron chi connectivity index (χ1n) is 6.68. The number of carbonyl (C=O) groups excluding carboxylic acids is 1. The number of oxazole rings is 1. The number of carbonyl (C=O) groups is 1. The highest BCUT2D eigenvalue weighted by molar-refractivity contribution is 8.01. The number of hydrogen-bond acceptors (Lipinski definition) is 6. The summed E-state index contributed by atoms with van der Waals surface area (Å²) >= 11 is 3.37. The third kappa shape index (κ3) is 6.44. The normalized spacial score (nSPS) is 12.5. The summed E-state index contributed by atoms with van der Waals surface area (Å²) in [7, 11) is 0. The lowest BCUT2D eigenvalue weighted by Crippen LogP contribution is -2.09. The molecule has 0 spiro atoms. The predicted molar refractivity (Wildman–Crippen MR) is 87.9 cm³/mol. The molecule has 6 heteroatoms. The van der Waals surface area contributed by atoms with Gasteiger partial charge in [0.1, 0.15) is 11.5 Å². The molecule has 0 aromatic carbocycles. The molecule has 1 atom stereocenters. The van der Waals surface area contributed by atoms with Crippen LogP contribution in [0.3, 0.4) is 0 Å². The van der Waals surface area contributed by atoms with E-state index in [4.69, 9.17) is 4.42 Å². The van der Waals surface area contributed by atoms with Crippen molar-refractivity contribution in [1.82, 2.24) is 9.97 Å². The van der Waals surface area contributed by atoms with Crippen molar-refractivity contribution in [3.8, 4) is 0 Å². The van der Waals surface area contributed by atoms with Gasteiger partial charge in [-0.1, -0.05) is 20.8 Å². The van der Waals surface area contributed by atoms with E-state index in [0.29, 0.717) is 0 Å². The lowest BCUT2D eigenvalue weighted by molar-refractivity contribution is -0.114. The summed E-state index contributed by atoms with van der Waals surface area (Å²) in [5.74, 6) is 1.89. The fourth-order valence-corrected chi connectivity index (χ4v) is 3.12. The summed E-state index contributed by atoms with van der Waals surface area (Å²) in [5.41, 5.74) is 1.85. The van der Waals surface area contributed by atoms with Gasteiger partial charge in [0.15, 0.2) is 0 Å². The number of nitrogens with zero attached hydrogens (tertiary/aromatic N) is 2. The largest absolute Gasteiger partial charge is 0.444 e. The first kappa shape index (κ1) is 17.9. The molecule has 1 unspecified atom stereocenters. The zero-order valence-corrected chi connectivity index (χ0v) is 15.0. The topological polar surface area (TPSA) is 56.0 Å². The molecule has 0 amide bonds. The maximum absolute atomic E-state index is 9.44. The highest BCUT2D eigenvalue weighted by atomic mass is 32.2. The Bertz CT molecular complexity index is 552. The molecule has 0 bridgehead atoms. The van der Waals surface area contributed by atoms with Crippen LogP contribution in [0.2, 0.25) is 0 Å². The molecule has 4 nitrogen and oxygen atoms in total. The zero-order chi connectivity index (χ0) is 16.0. The van der Waals surface area contributed by atoms with Crippen molar-refractivity contribution in [3.05, 3.63) is 29.6 Å². The van der Waals surface area contributed by atoms with Crippen molar-refractivity contribution in [2.24, 2.45) is 0 Å². The van der Waals surface area contributed by atoms with Gasteiger partial charge in [-0.15, -0.1) is 23.1 Å². The quantitative estimate of drug-likeness (QED) is 0.753. The molecule has 21 heavy (non-hydrogen) atoms. The molecule has 0 N–H and O–H groups in total. The Morgan fingerprint density at radius 2 is 1.95 bits per heavy atom. The summed E-state index contributed by atoms with van der Waals surface area (Å²) in [5, 5.41) is 0.214. The average molecular weight is 326 g/mol. The number of thiazole rings is 1. The van der Waals surface area contributed by atoms with Gasteiger partial charge in [0.05, 0.1) is 27.4 Å². The number of aromatic nitrogens is 2. The van der Waals surface area contributed by atoms with Gasteiger partial charge in [0, 0.05) is 5.41 Å². The number of Topliss-reactive ketones (excluding diaryl/α,β-unsaturated/α-hetero) is 1. The van der Waals surface area contributed by atoms with Crippen LogP contribution >= 0.6 is 23.1 Å². The van der Waals surface area contributed by atoms with E-state index in [-0.39, 0.29) is 16.4 Å². The lowest BCUT2D eigenvalue weighted by Gasteiger charge is -2.13. The van der Waals surface area contributed by atoms with E-state index in [1.165, 1.54) is 18.1 Å². The second-order valence-electron chi connectivity index (χ2n) is 5.80. The highest BCUT2D eigenvalue weighted by Gasteiger charge is 2.21. The molecule has 116 valence electrons. The van der Waals surface area contributed by atoms with E-state index in [1.807, 2.05) is 17.9 Å². The first-order chi connectivity index (χ1) is 9.70. The minimum Gasteiger partial charge on any atom is -0.444 e. The monoisotopic (exact) mass is 326 g/mol. The SMILES string of the molecule is CC(C)=O.CC(Sc1cncs1)c1ncc(C(C)(C)C)o1. The van der Waals surface area contributed by atoms with Gasteiger partial charge in [-0.25, -0.2) is 4.98 Å². The number of thioether (sulfide) groups is 1. The molecule has 0 saturated carbocycles. The number of hydrogen-bond donors (Lipinski definition) is 0. The Labute approximate surface area is 134 Å². The minimum absolute atomic E-state index is 0.0140. The van der Waals surface area contributed by atoms with Crippen LogP contribution in [0.25, 0.3) is 0 Å². The van der Waals surface area contributed by atoms with E-state index >= 15 is 0 Å². The Balaban J connectivity index is 0.000000491. The van der Waals surface area contributed by atoms with Crippen LogP contribution in [0.15, 0.2) is 26.5 Å². The zero-order valence-electron chi connectivity index (χ0n) is 13.3. The number of ketones is 1. The van der Waals surface area contributed by atoms with Gasteiger partial charge in [-0.2, -0.15) is 0 Å². The first-order valence-corrected chi connectivity index (χ1v) is 8.44. The summed E-state index contributed by atoms with van der Waals surface area (Å²) in [6, 6.07) is 0. The van der Waals surface area contributed by atoms with Gasteiger partial charge in [0.2, 0.25) is 5.89 Å². The van der Waals surface area contributed by atoms with E-state index in [0.717, 1.165) is 11.7 Å². The maximum Gasteiger partial charge on any atom is 0.207 e. The molecule has 2 aromatic heterocycles. The Morgan fingerprint density at radius 1 is 1.33 bits per heavy atom. The Morgan fingerprint density at radius 3 is 2.38 bits per heavy atom. The van der Waals surface area contributed by atoms with E-state index in [2.05, 4.69) is 37.7 Å². The van der Waals surface area contributed by atoms with Gasteiger partial charge in [-0.05, 0) is 20.8 Å². The van der Waals surface area contributed by atoms with E-state index < -0.39 is 0 Å². The number of rotatable bonds is 3. The van der Waals surface area contributed by atoms with Crippen molar-refractivity contribution in [3.63, 3.8) is 0 Å². The van der Waals surface area contributed by atoms with Gasteiger partial charge < -0.3 is 9.21 Å². The second-order valence-corrected chi connectivity index (χ2v) is 8.33. The van der Waals surface area contributed by atoms with Crippen LogP contribution < -0.4 is 0 Å². The van der Waals surface area contributed by atoms with Crippen molar-refractivity contribution < 1.29 is 9.21 Å². The second kappa shape index (κ2) is 7.75. The van der Waals surface area contributed by atoms with Crippen LogP contribution in [0, 0.1) is 0 Å². The average Bonchev–Trinajstić information content (AvgIpc) is 2.97. The standard InChI is InChI=1S/C12H16N2OS2.C3H6O/c1-8(17-10-6-13-7-16-10)11-14-5-9(15-11)12(2,3)4;1-3(2)4/h5-8H,1-4H3;1-2H3. The van der Waals surface area contributed by atoms with Crippen molar-refractivity contribution in [1.29, 1.82) is 0 Å². The van der Waals surface area contributed by atoms with Crippen LogP contribution in [0.5, 0.6) is 0 Å². The predicted octanol–water partition coefficient (Wildman–Crippen LogP) is 4.88. The van der Waals surface area contributed by atoms with Crippen molar-refractivity contribution >= 4 is 28.9 Å². The molecule has 0 saturated heterocycles. The minimum atomic E-state index is 0.0140. The van der Waals surface area contributed by atoms with Gasteiger partial charge >= 0.3 is 0 Å². The Hall–Kier alpha value is -1.14. The summed E-state index contributed by atoms with van der Waals surface area (Å²) < 4.78 is 7.00. The third-order valence-corrected chi connectivity index (χ3v) is 4.35. The molecule has 0 fully saturated rings.